The second kappa shape index (κ2) is 5.68. The van der Waals surface area contributed by atoms with Gasteiger partial charge in [0.2, 0.25) is 5.13 Å². The molecule has 2 heterocycles. The van der Waals surface area contributed by atoms with E-state index in [1.54, 1.807) is 20.8 Å². The van der Waals surface area contributed by atoms with Crippen molar-refractivity contribution in [3.05, 3.63) is 16.7 Å². The molecule has 0 bridgehead atoms. The average Bonchev–Trinajstić information content (AvgIpc) is 2.97. The smallest absolute Gasteiger partial charge is 0.321 e. The van der Waals surface area contributed by atoms with Gasteiger partial charge in [-0.15, -0.1) is 10.2 Å². The topological polar surface area (TPSA) is 106 Å². The van der Waals surface area contributed by atoms with Crippen molar-refractivity contribution >= 4 is 22.5 Å². The summed E-state index contributed by atoms with van der Waals surface area (Å²) in [6.45, 7) is 4.96. The molecule has 0 fully saturated rings. The number of halogens is 2. The molecule has 21 heavy (non-hydrogen) atoms. The van der Waals surface area contributed by atoms with Crippen LogP contribution < -0.4 is 10.6 Å². The number of carbonyl (C=O) groups is 1. The molecule has 114 valence electrons. The van der Waals surface area contributed by atoms with Gasteiger partial charge in [-0.3, -0.25) is 5.32 Å². The standard InChI is InChI=1S/C10H12F2N6O2S/c1-4-13-7(20-18-4)10(2,3)15-8(19)14-9-17-16-6(21-9)5(11)12/h5H,1-3H3,(H2,14,15,17,19). The summed E-state index contributed by atoms with van der Waals surface area (Å²) in [4.78, 5) is 15.9. The van der Waals surface area contributed by atoms with E-state index in [-0.39, 0.29) is 11.0 Å². The van der Waals surface area contributed by atoms with Crippen molar-refractivity contribution in [1.82, 2.24) is 25.7 Å². The molecule has 0 aliphatic heterocycles. The van der Waals surface area contributed by atoms with E-state index in [0.717, 1.165) is 0 Å². The Labute approximate surface area is 122 Å². The Bertz CT molecular complexity index is 641. The van der Waals surface area contributed by atoms with Gasteiger partial charge in [-0.2, -0.15) is 4.98 Å². The van der Waals surface area contributed by atoms with Crippen molar-refractivity contribution in [2.24, 2.45) is 0 Å². The summed E-state index contributed by atoms with van der Waals surface area (Å²) < 4.78 is 29.7. The highest BCUT2D eigenvalue weighted by Crippen LogP contribution is 2.25. The number of nitrogens with one attached hydrogen (secondary N) is 2. The molecule has 2 rings (SSSR count). The molecule has 0 atom stereocenters. The molecule has 2 amide bonds. The van der Waals surface area contributed by atoms with Gasteiger partial charge < -0.3 is 9.84 Å². The number of hydrogen-bond acceptors (Lipinski definition) is 7. The van der Waals surface area contributed by atoms with Gasteiger partial charge in [-0.25, -0.2) is 13.6 Å². The Morgan fingerprint density at radius 2 is 2.10 bits per heavy atom. The highest BCUT2D eigenvalue weighted by atomic mass is 32.1. The van der Waals surface area contributed by atoms with Gasteiger partial charge >= 0.3 is 6.03 Å². The highest BCUT2D eigenvalue weighted by Gasteiger charge is 2.29. The molecular weight excluding hydrogens is 306 g/mol. The Kier molecular flexibility index (Phi) is 4.11. The Morgan fingerprint density at radius 3 is 2.62 bits per heavy atom. The van der Waals surface area contributed by atoms with Gasteiger partial charge in [0, 0.05) is 0 Å². The number of aromatic nitrogens is 4. The zero-order chi connectivity index (χ0) is 15.6. The van der Waals surface area contributed by atoms with E-state index in [1.165, 1.54) is 0 Å². The van der Waals surface area contributed by atoms with Crippen molar-refractivity contribution in [3.63, 3.8) is 0 Å². The number of amides is 2. The van der Waals surface area contributed by atoms with Crippen LogP contribution in [0.4, 0.5) is 18.7 Å². The first-order chi connectivity index (χ1) is 9.78. The minimum atomic E-state index is -2.72. The fourth-order valence-corrected chi connectivity index (χ4v) is 1.98. The van der Waals surface area contributed by atoms with Crippen LogP contribution in [0.25, 0.3) is 0 Å². The van der Waals surface area contributed by atoms with Crippen LogP contribution in [-0.2, 0) is 5.54 Å². The number of alkyl halides is 2. The van der Waals surface area contributed by atoms with E-state index in [9.17, 15) is 13.6 Å². The normalized spacial score (nSPS) is 11.7. The maximum atomic E-state index is 12.4. The average molecular weight is 318 g/mol. The van der Waals surface area contributed by atoms with Crippen LogP contribution in [0, 0.1) is 6.92 Å². The lowest BCUT2D eigenvalue weighted by molar-refractivity contribution is 0.150. The summed E-state index contributed by atoms with van der Waals surface area (Å²) >= 11 is 0.600. The van der Waals surface area contributed by atoms with E-state index >= 15 is 0 Å². The van der Waals surface area contributed by atoms with Gasteiger partial charge in [0.05, 0.1) is 0 Å². The molecule has 0 unspecified atom stereocenters. The van der Waals surface area contributed by atoms with Crippen LogP contribution in [0.1, 0.15) is 37.0 Å². The SMILES string of the molecule is Cc1noc(C(C)(C)NC(=O)Nc2nnc(C(F)F)s2)n1. The van der Waals surface area contributed by atoms with Crippen molar-refractivity contribution in [2.75, 3.05) is 5.32 Å². The number of nitrogens with zero attached hydrogens (tertiary/aromatic N) is 4. The first kappa shape index (κ1) is 15.2. The third-order valence-corrected chi connectivity index (χ3v) is 3.18. The van der Waals surface area contributed by atoms with Crippen molar-refractivity contribution in [1.29, 1.82) is 0 Å². The van der Waals surface area contributed by atoms with Crippen LogP contribution in [0.3, 0.4) is 0 Å². The number of rotatable bonds is 4. The number of urea groups is 1. The van der Waals surface area contributed by atoms with Gasteiger partial charge in [-0.05, 0) is 20.8 Å². The molecule has 2 N–H and O–H groups in total. The van der Waals surface area contributed by atoms with Crippen LogP contribution >= 0.6 is 11.3 Å². The maximum absolute atomic E-state index is 12.4. The summed E-state index contributed by atoms with van der Waals surface area (Å²) in [7, 11) is 0. The van der Waals surface area contributed by atoms with E-state index in [2.05, 4.69) is 31.0 Å². The predicted molar refractivity (Wildman–Crippen MR) is 69.1 cm³/mol. The molecule has 0 aromatic carbocycles. The van der Waals surface area contributed by atoms with Crippen molar-refractivity contribution < 1.29 is 18.1 Å². The van der Waals surface area contributed by atoms with E-state index in [0.29, 0.717) is 17.2 Å². The number of aryl methyl sites for hydroxylation is 1. The van der Waals surface area contributed by atoms with Crippen molar-refractivity contribution in [3.8, 4) is 0 Å². The Morgan fingerprint density at radius 1 is 1.38 bits per heavy atom. The van der Waals surface area contributed by atoms with Gasteiger partial charge in [0.15, 0.2) is 10.8 Å². The van der Waals surface area contributed by atoms with Crippen molar-refractivity contribution in [2.45, 2.75) is 32.7 Å². The summed E-state index contributed by atoms with van der Waals surface area (Å²) in [5.41, 5.74) is -0.929. The summed E-state index contributed by atoms with van der Waals surface area (Å²) in [6, 6.07) is -0.646. The molecule has 0 saturated heterocycles. The summed E-state index contributed by atoms with van der Waals surface area (Å²) in [5, 5.41) is 14.8. The molecule has 0 spiro atoms. The highest BCUT2D eigenvalue weighted by molar-refractivity contribution is 7.15. The molecule has 2 aromatic rings. The van der Waals surface area contributed by atoms with E-state index in [1.807, 2.05) is 0 Å². The lowest BCUT2D eigenvalue weighted by Crippen LogP contribution is -2.43. The van der Waals surface area contributed by atoms with Gasteiger partial charge in [0.25, 0.3) is 12.3 Å². The lowest BCUT2D eigenvalue weighted by Gasteiger charge is -2.21. The number of anilines is 1. The van der Waals surface area contributed by atoms with Crippen LogP contribution in [0.5, 0.6) is 0 Å². The van der Waals surface area contributed by atoms with E-state index < -0.39 is 23.0 Å². The molecular formula is C10H12F2N6O2S. The largest absolute Gasteiger partial charge is 0.337 e. The third-order valence-electron chi connectivity index (χ3n) is 2.34. The predicted octanol–water partition coefficient (Wildman–Crippen LogP) is 2.22. The molecule has 0 aliphatic carbocycles. The Hall–Kier alpha value is -2.17. The fourth-order valence-electron chi connectivity index (χ4n) is 1.39. The summed E-state index contributed by atoms with van der Waals surface area (Å²) in [5.74, 6) is 0.659. The first-order valence-corrected chi connectivity index (χ1v) is 6.61. The molecule has 2 aromatic heterocycles. The minimum absolute atomic E-state index is 0.0275. The number of carbonyl (C=O) groups excluding carboxylic acids is 1. The van der Waals surface area contributed by atoms with Gasteiger partial charge in [0.1, 0.15) is 5.54 Å². The maximum Gasteiger partial charge on any atom is 0.321 e. The Balaban J connectivity index is 2.00. The first-order valence-electron chi connectivity index (χ1n) is 5.79. The third kappa shape index (κ3) is 3.68. The summed E-state index contributed by atoms with van der Waals surface area (Å²) in [6.07, 6.45) is -2.72. The van der Waals surface area contributed by atoms with E-state index in [4.69, 9.17) is 4.52 Å². The lowest BCUT2D eigenvalue weighted by atomic mass is 10.1. The second-order valence-electron chi connectivity index (χ2n) is 4.60. The van der Waals surface area contributed by atoms with Crippen LogP contribution in [0.2, 0.25) is 0 Å². The number of hydrogen-bond donors (Lipinski definition) is 2. The molecule has 0 saturated carbocycles. The monoisotopic (exact) mass is 318 g/mol. The zero-order valence-corrected chi connectivity index (χ0v) is 12.2. The molecule has 0 radical (unpaired) electrons. The molecule has 11 heteroatoms. The fraction of sp³-hybridized carbons (Fsp3) is 0.500. The second-order valence-corrected chi connectivity index (χ2v) is 5.61. The quantitative estimate of drug-likeness (QED) is 0.895. The minimum Gasteiger partial charge on any atom is -0.337 e. The zero-order valence-electron chi connectivity index (χ0n) is 11.3. The molecule has 0 aliphatic rings. The van der Waals surface area contributed by atoms with Crippen LogP contribution in [0.15, 0.2) is 4.52 Å². The van der Waals surface area contributed by atoms with Crippen LogP contribution in [-0.4, -0.2) is 26.4 Å². The van der Waals surface area contributed by atoms with Gasteiger partial charge in [-0.1, -0.05) is 16.5 Å². The molecule has 8 nitrogen and oxygen atoms in total.